The van der Waals surface area contributed by atoms with Gasteiger partial charge in [0.1, 0.15) is 18.9 Å². The lowest BCUT2D eigenvalue weighted by molar-refractivity contribution is 0.322. The molecule has 6 nitrogen and oxygen atoms in total. The van der Waals surface area contributed by atoms with Crippen molar-refractivity contribution in [2.75, 3.05) is 19.7 Å². The number of aryl methyl sites for hydroxylation is 1. The van der Waals surface area contributed by atoms with Crippen molar-refractivity contribution in [3.63, 3.8) is 0 Å². The second kappa shape index (κ2) is 9.71. The molecule has 0 fully saturated rings. The van der Waals surface area contributed by atoms with Crippen molar-refractivity contribution < 1.29 is 9.26 Å². The second-order valence-corrected chi connectivity index (χ2v) is 6.16. The molecule has 0 saturated heterocycles. The Bertz CT molecular complexity index is 662. The van der Waals surface area contributed by atoms with Crippen LogP contribution in [0.25, 0.3) is 0 Å². The maximum atomic E-state index is 5.71. The summed E-state index contributed by atoms with van der Waals surface area (Å²) in [6.45, 7) is 10.7. The number of guanidine groups is 1. The van der Waals surface area contributed by atoms with Gasteiger partial charge in [0, 0.05) is 12.6 Å². The van der Waals surface area contributed by atoms with E-state index in [0.29, 0.717) is 25.6 Å². The summed E-state index contributed by atoms with van der Waals surface area (Å²) in [5.74, 6) is 2.72. The number of nitrogens with zero attached hydrogens (tertiary/aromatic N) is 2. The highest BCUT2D eigenvalue weighted by Gasteiger charge is 2.07. The highest BCUT2D eigenvalue weighted by molar-refractivity contribution is 5.79. The first kappa shape index (κ1) is 18.8. The Balaban J connectivity index is 1.79. The lowest BCUT2D eigenvalue weighted by Crippen LogP contribution is -2.39. The van der Waals surface area contributed by atoms with Gasteiger partial charge in [-0.05, 0) is 31.9 Å². The van der Waals surface area contributed by atoms with E-state index in [4.69, 9.17) is 9.26 Å². The molecule has 2 rings (SSSR count). The van der Waals surface area contributed by atoms with Crippen LogP contribution < -0.4 is 15.4 Å². The fourth-order valence-electron chi connectivity index (χ4n) is 2.15. The summed E-state index contributed by atoms with van der Waals surface area (Å²) in [5, 5.41) is 10.5. The van der Waals surface area contributed by atoms with Crippen LogP contribution in [0.4, 0.5) is 0 Å². The van der Waals surface area contributed by atoms with Crippen molar-refractivity contribution in [2.24, 2.45) is 4.99 Å². The van der Waals surface area contributed by atoms with Crippen LogP contribution in [0.5, 0.6) is 5.75 Å². The number of nitrogens with one attached hydrogen (secondary N) is 2. The van der Waals surface area contributed by atoms with Crippen LogP contribution in [0, 0.1) is 6.92 Å². The molecule has 0 unspecified atom stereocenters. The molecule has 1 heterocycles. The molecule has 0 bridgehead atoms. The topological polar surface area (TPSA) is 71.7 Å². The lowest BCUT2D eigenvalue weighted by atomic mass is 10.1. The Kier molecular flexibility index (Phi) is 7.32. The van der Waals surface area contributed by atoms with E-state index >= 15 is 0 Å². The first-order valence-corrected chi connectivity index (χ1v) is 8.75. The first-order chi connectivity index (χ1) is 12.1. The number of hydrogen-bond donors (Lipinski definition) is 2. The van der Waals surface area contributed by atoms with E-state index in [1.54, 1.807) is 0 Å². The number of aromatic nitrogens is 1. The molecule has 0 spiro atoms. The van der Waals surface area contributed by atoms with Gasteiger partial charge in [0.05, 0.1) is 12.2 Å². The standard InChI is InChI=1S/C19H28N4O2/c1-5-20-19(22-13-17-12-18(14(2)3)23-25-17)21-10-11-24-16-8-6-15(4)7-9-16/h6-9,12,14H,5,10-11,13H2,1-4H3,(H2,20,21,22). The van der Waals surface area contributed by atoms with Gasteiger partial charge < -0.3 is 19.9 Å². The number of hydrogen-bond acceptors (Lipinski definition) is 4. The molecular weight excluding hydrogens is 316 g/mol. The zero-order chi connectivity index (χ0) is 18.1. The molecule has 0 atom stereocenters. The van der Waals surface area contributed by atoms with E-state index in [9.17, 15) is 0 Å². The van der Waals surface area contributed by atoms with Crippen molar-refractivity contribution in [3.8, 4) is 5.75 Å². The second-order valence-electron chi connectivity index (χ2n) is 6.16. The van der Waals surface area contributed by atoms with Crippen molar-refractivity contribution in [1.29, 1.82) is 0 Å². The predicted octanol–water partition coefficient (Wildman–Crippen LogP) is 3.24. The van der Waals surface area contributed by atoms with Crippen LogP contribution in [0.3, 0.4) is 0 Å². The van der Waals surface area contributed by atoms with Gasteiger partial charge in [-0.1, -0.05) is 36.7 Å². The van der Waals surface area contributed by atoms with Crippen LogP contribution in [0.2, 0.25) is 0 Å². The SMILES string of the molecule is CCNC(=NCc1cc(C(C)C)no1)NCCOc1ccc(C)cc1. The summed E-state index contributed by atoms with van der Waals surface area (Å²) in [4.78, 5) is 4.52. The highest BCUT2D eigenvalue weighted by atomic mass is 16.5. The molecule has 2 N–H and O–H groups in total. The quantitative estimate of drug-likeness (QED) is 0.437. The minimum absolute atomic E-state index is 0.353. The minimum atomic E-state index is 0.353. The van der Waals surface area contributed by atoms with E-state index < -0.39 is 0 Å². The smallest absolute Gasteiger partial charge is 0.191 e. The number of rotatable bonds is 8. The molecular formula is C19H28N4O2. The molecule has 0 radical (unpaired) electrons. The Labute approximate surface area is 149 Å². The van der Waals surface area contributed by atoms with E-state index in [1.807, 2.05) is 37.3 Å². The van der Waals surface area contributed by atoms with E-state index in [-0.39, 0.29) is 0 Å². The van der Waals surface area contributed by atoms with E-state index in [0.717, 1.165) is 29.7 Å². The van der Waals surface area contributed by atoms with Crippen molar-refractivity contribution in [3.05, 3.63) is 47.3 Å². The van der Waals surface area contributed by atoms with E-state index in [1.165, 1.54) is 5.56 Å². The van der Waals surface area contributed by atoms with Gasteiger partial charge in [0.15, 0.2) is 11.7 Å². The third-order valence-electron chi connectivity index (χ3n) is 3.59. The van der Waals surface area contributed by atoms with Crippen LogP contribution in [0.15, 0.2) is 39.8 Å². The van der Waals surface area contributed by atoms with Gasteiger partial charge in [-0.3, -0.25) is 0 Å². The van der Waals surface area contributed by atoms with Gasteiger partial charge in [0.2, 0.25) is 0 Å². The zero-order valence-electron chi connectivity index (χ0n) is 15.5. The average molecular weight is 344 g/mol. The van der Waals surface area contributed by atoms with Gasteiger partial charge in [0.25, 0.3) is 0 Å². The molecule has 25 heavy (non-hydrogen) atoms. The molecule has 1 aromatic heterocycles. The molecule has 0 aliphatic rings. The molecule has 0 saturated carbocycles. The van der Waals surface area contributed by atoms with Crippen molar-refractivity contribution >= 4 is 5.96 Å². The summed E-state index contributed by atoms with van der Waals surface area (Å²) in [6.07, 6.45) is 0. The maximum Gasteiger partial charge on any atom is 0.191 e. The van der Waals surface area contributed by atoms with Gasteiger partial charge in [-0.25, -0.2) is 4.99 Å². The summed E-state index contributed by atoms with van der Waals surface area (Å²) >= 11 is 0. The summed E-state index contributed by atoms with van der Waals surface area (Å²) in [6, 6.07) is 9.99. The van der Waals surface area contributed by atoms with Crippen LogP contribution in [0.1, 0.15) is 43.7 Å². The lowest BCUT2D eigenvalue weighted by Gasteiger charge is -2.11. The minimum Gasteiger partial charge on any atom is -0.492 e. The molecule has 0 aliphatic carbocycles. The Morgan fingerprint density at radius 1 is 1.24 bits per heavy atom. The fourth-order valence-corrected chi connectivity index (χ4v) is 2.15. The zero-order valence-corrected chi connectivity index (χ0v) is 15.5. The normalized spacial score (nSPS) is 11.6. The predicted molar refractivity (Wildman–Crippen MR) is 100 cm³/mol. The third kappa shape index (κ3) is 6.49. The molecule has 1 aromatic carbocycles. The largest absolute Gasteiger partial charge is 0.492 e. The van der Waals surface area contributed by atoms with Crippen LogP contribution in [-0.4, -0.2) is 30.8 Å². The number of benzene rings is 1. The molecule has 0 aliphatic heterocycles. The highest BCUT2D eigenvalue weighted by Crippen LogP contribution is 2.14. The van der Waals surface area contributed by atoms with Gasteiger partial charge in [-0.2, -0.15) is 0 Å². The Morgan fingerprint density at radius 2 is 2.00 bits per heavy atom. The van der Waals surface area contributed by atoms with Gasteiger partial charge in [-0.15, -0.1) is 0 Å². The molecule has 2 aromatic rings. The Morgan fingerprint density at radius 3 is 2.64 bits per heavy atom. The monoisotopic (exact) mass is 344 g/mol. The maximum absolute atomic E-state index is 5.71. The molecule has 0 amide bonds. The van der Waals surface area contributed by atoms with E-state index in [2.05, 4.69) is 41.6 Å². The summed E-state index contributed by atoms with van der Waals surface area (Å²) in [5.41, 5.74) is 2.18. The Hall–Kier alpha value is -2.50. The van der Waals surface area contributed by atoms with Gasteiger partial charge >= 0.3 is 0 Å². The fraction of sp³-hybridized carbons (Fsp3) is 0.474. The number of aliphatic imine (C=N–C) groups is 1. The summed E-state index contributed by atoms with van der Waals surface area (Å²) in [7, 11) is 0. The summed E-state index contributed by atoms with van der Waals surface area (Å²) < 4.78 is 11.0. The third-order valence-corrected chi connectivity index (χ3v) is 3.59. The van der Waals surface area contributed by atoms with Crippen molar-refractivity contribution in [1.82, 2.24) is 15.8 Å². The first-order valence-electron chi connectivity index (χ1n) is 8.75. The molecule has 6 heteroatoms. The van der Waals surface area contributed by atoms with Crippen LogP contribution >= 0.6 is 0 Å². The number of ether oxygens (including phenoxy) is 1. The molecule has 136 valence electrons. The van der Waals surface area contributed by atoms with Crippen molar-refractivity contribution in [2.45, 2.75) is 40.2 Å². The average Bonchev–Trinajstić information content (AvgIpc) is 3.07. The van der Waals surface area contributed by atoms with Crippen LogP contribution in [-0.2, 0) is 6.54 Å².